The maximum atomic E-state index is 12.1. The van der Waals surface area contributed by atoms with Gasteiger partial charge in [-0.05, 0) is 41.5 Å². The van der Waals surface area contributed by atoms with Gasteiger partial charge in [-0.1, -0.05) is 13.2 Å². The van der Waals surface area contributed by atoms with Crippen molar-refractivity contribution in [3.63, 3.8) is 0 Å². The van der Waals surface area contributed by atoms with Crippen molar-refractivity contribution in [2.75, 3.05) is 13.2 Å². The zero-order valence-corrected chi connectivity index (χ0v) is 15.3. The molecule has 0 radical (unpaired) electrons. The van der Waals surface area contributed by atoms with Crippen molar-refractivity contribution in [1.82, 2.24) is 0 Å². The molecular weight excluding hydrogens is 312 g/mol. The Hall–Kier alpha value is -0.660. The van der Waals surface area contributed by atoms with Crippen LogP contribution in [0.5, 0.6) is 0 Å². The van der Waals surface area contributed by atoms with Crippen molar-refractivity contribution in [3.8, 4) is 0 Å². The lowest BCUT2D eigenvalue weighted by molar-refractivity contribution is 0.188. The van der Waals surface area contributed by atoms with E-state index in [1.54, 1.807) is 41.5 Å². The van der Waals surface area contributed by atoms with Gasteiger partial charge in [0.2, 0.25) is 0 Å². The molecule has 7 heteroatoms. The molecule has 0 spiro atoms. The molecule has 21 heavy (non-hydrogen) atoms. The third-order valence-electron chi connectivity index (χ3n) is 2.90. The van der Waals surface area contributed by atoms with Crippen LogP contribution in [0.25, 0.3) is 0 Å². The standard InChI is InChI=1S/C14H26O5S2/c1-11(20(15,16)13(3,4)5)9-19-10-12(2)21(17,18)14(6,7)8/h1-2,9-10H2,3-8H3. The van der Waals surface area contributed by atoms with Gasteiger partial charge in [0.15, 0.2) is 19.7 Å². The molecule has 0 aromatic rings. The largest absolute Gasteiger partial charge is 0.371 e. The molecule has 0 aliphatic carbocycles. The van der Waals surface area contributed by atoms with Crippen LogP contribution in [-0.4, -0.2) is 39.5 Å². The maximum absolute atomic E-state index is 12.1. The predicted molar refractivity (Wildman–Crippen MR) is 86.4 cm³/mol. The van der Waals surface area contributed by atoms with Crippen LogP contribution in [0.1, 0.15) is 41.5 Å². The minimum atomic E-state index is -3.54. The third-order valence-corrected chi connectivity index (χ3v) is 7.88. The lowest BCUT2D eigenvalue weighted by atomic mass is 10.3. The van der Waals surface area contributed by atoms with Crippen LogP contribution in [0.3, 0.4) is 0 Å². The minimum absolute atomic E-state index is 0.0732. The lowest BCUT2D eigenvalue weighted by Gasteiger charge is -2.22. The summed E-state index contributed by atoms with van der Waals surface area (Å²) in [5, 5.41) is 0. The Bertz CT molecular complexity index is 555. The number of hydrogen-bond acceptors (Lipinski definition) is 5. The number of hydrogen-bond donors (Lipinski definition) is 0. The molecule has 0 unspecified atom stereocenters. The molecule has 0 aliphatic rings. The second-order valence-corrected chi connectivity index (χ2v) is 12.4. The van der Waals surface area contributed by atoms with Crippen molar-refractivity contribution < 1.29 is 21.6 Å². The van der Waals surface area contributed by atoms with Crippen LogP contribution in [0.15, 0.2) is 23.0 Å². The van der Waals surface area contributed by atoms with Crippen LogP contribution < -0.4 is 0 Å². The predicted octanol–water partition coefficient (Wildman–Crippen LogP) is 2.46. The van der Waals surface area contributed by atoms with Gasteiger partial charge in [0, 0.05) is 0 Å². The Balaban J connectivity index is 4.76. The third kappa shape index (κ3) is 4.66. The quantitative estimate of drug-likeness (QED) is 0.743. The normalized spacial score (nSPS) is 14.0. The van der Waals surface area contributed by atoms with Crippen molar-refractivity contribution in [3.05, 3.63) is 23.0 Å². The number of ether oxygens (including phenoxy) is 1. The molecule has 5 nitrogen and oxygen atoms in total. The first-order valence-corrected chi connectivity index (χ1v) is 9.44. The monoisotopic (exact) mass is 338 g/mol. The number of sulfone groups is 2. The Kier molecular flexibility index (Phi) is 6.02. The highest BCUT2D eigenvalue weighted by atomic mass is 32.2. The van der Waals surface area contributed by atoms with E-state index in [1.807, 2.05) is 0 Å². The Morgan fingerprint density at radius 1 is 0.762 bits per heavy atom. The fourth-order valence-electron chi connectivity index (χ4n) is 1.30. The minimum Gasteiger partial charge on any atom is -0.371 e. The molecule has 0 saturated carbocycles. The summed E-state index contributed by atoms with van der Waals surface area (Å²) in [6.45, 7) is 15.9. The van der Waals surface area contributed by atoms with E-state index < -0.39 is 29.2 Å². The van der Waals surface area contributed by atoms with E-state index in [2.05, 4.69) is 13.2 Å². The summed E-state index contributed by atoms with van der Waals surface area (Å²) in [5.41, 5.74) is 0. The molecule has 0 fully saturated rings. The van der Waals surface area contributed by atoms with Crippen LogP contribution in [-0.2, 0) is 24.4 Å². The van der Waals surface area contributed by atoms with Crippen molar-refractivity contribution >= 4 is 19.7 Å². The summed E-state index contributed by atoms with van der Waals surface area (Å²) in [6.07, 6.45) is 0. The first kappa shape index (κ1) is 20.3. The van der Waals surface area contributed by atoms with Gasteiger partial charge in [-0.25, -0.2) is 16.8 Å². The molecule has 0 rings (SSSR count). The van der Waals surface area contributed by atoms with Gasteiger partial charge < -0.3 is 4.74 Å². The average Bonchev–Trinajstić information content (AvgIpc) is 2.25. The van der Waals surface area contributed by atoms with Gasteiger partial charge >= 0.3 is 0 Å². The zero-order chi connectivity index (χ0) is 17.3. The maximum Gasteiger partial charge on any atom is 0.181 e. The van der Waals surface area contributed by atoms with Gasteiger partial charge in [-0.3, -0.25) is 0 Å². The topological polar surface area (TPSA) is 77.5 Å². The fraction of sp³-hybridized carbons (Fsp3) is 0.714. The number of rotatable bonds is 6. The van der Waals surface area contributed by atoms with Gasteiger partial charge in [0.25, 0.3) is 0 Å². The summed E-state index contributed by atoms with van der Waals surface area (Å²) < 4.78 is 51.5. The van der Waals surface area contributed by atoms with Gasteiger partial charge in [0.05, 0.1) is 32.5 Å². The van der Waals surface area contributed by atoms with Crippen molar-refractivity contribution in [2.24, 2.45) is 0 Å². The van der Waals surface area contributed by atoms with E-state index in [4.69, 9.17) is 4.74 Å². The van der Waals surface area contributed by atoms with E-state index in [0.717, 1.165) is 0 Å². The lowest BCUT2D eigenvalue weighted by Crippen LogP contribution is -2.32. The summed E-state index contributed by atoms with van der Waals surface area (Å²) >= 11 is 0. The molecule has 0 aromatic carbocycles. The highest BCUT2D eigenvalue weighted by Crippen LogP contribution is 2.24. The molecular formula is C14H26O5S2. The van der Waals surface area contributed by atoms with E-state index >= 15 is 0 Å². The molecule has 0 bridgehead atoms. The molecule has 0 amide bonds. The van der Waals surface area contributed by atoms with Crippen LogP contribution in [0.4, 0.5) is 0 Å². The summed E-state index contributed by atoms with van der Waals surface area (Å²) in [6, 6.07) is 0. The molecule has 0 aliphatic heterocycles. The second-order valence-electron chi connectivity index (χ2n) is 6.80. The Morgan fingerprint density at radius 2 is 1.00 bits per heavy atom. The molecule has 124 valence electrons. The van der Waals surface area contributed by atoms with Crippen LogP contribution >= 0.6 is 0 Å². The van der Waals surface area contributed by atoms with E-state index in [-0.39, 0.29) is 23.0 Å². The molecule has 0 heterocycles. The molecule has 0 saturated heterocycles. The smallest absolute Gasteiger partial charge is 0.181 e. The highest BCUT2D eigenvalue weighted by Gasteiger charge is 2.33. The SMILES string of the molecule is C=C(COCC(=C)S(=O)(=O)C(C)(C)C)S(=O)(=O)C(C)(C)C. The van der Waals surface area contributed by atoms with Crippen LogP contribution in [0, 0.1) is 0 Å². The van der Waals surface area contributed by atoms with Crippen LogP contribution in [0.2, 0.25) is 0 Å². The second kappa shape index (κ2) is 6.22. The molecule has 0 atom stereocenters. The van der Waals surface area contributed by atoms with Gasteiger partial charge in [-0.2, -0.15) is 0 Å². The molecule has 0 N–H and O–H groups in total. The zero-order valence-electron chi connectivity index (χ0n) is 13.7. The summed E-state index contributed by atoms with van der Waals surface area (Å²) in [5.74, 6) is 0. The average molecular weight is 338 g/mol. The van der Waals surface area contributed by atoms with E-state index in [9.17, 15) is 16.8 Å². The first-order valence-electron chi connectivity index (χ1n) is 6.47. The van der Waals surface area contributed by atoms with Gasteiger partial charge in [0.1, 0.15) is 0 Å². The van der Waals surface area contributed by atoms with Crippen molar-refractivity contribution in [2.45, 2.75) is 51.0 Å². The summed E-state index contributed by atoms with van der Waals surface area (Å²) in [4.78, 5) is -0.146. The van der Waals surface area contributed by atoms with Gasteiger partial charge in [-0.15, -0.1) is 0 Å². The fourth-order valence-corrected chi connectivity index (χ4v) is 3.51. The van der Waals surface area contributed by atoms with Crippen molar-refractivity contribution in [1.29, 1.82) is 0 Å². The van der Waals surface area contributed by atoms with E-state index in [0.29, 0.717) is 0 Å². The molecule has 0 aromatic heterocycles. The highest BCUT2D eigenvalue weighted by molar-refractivity contribution is 7.96. The summed E-state index contributed by atoms with van der Waals surface area (Å²) in [7, 11) is -7.07. The Labute approximate surface area is 128 Å². The first-order chi connectivity index (χ1) is 9.05. The van der Waals surface area contributed by atoms with E-state index in [1.165, 1.54) is 0 Å². The Morgan fingerprint density at radius 3 is 1.19 bits per heavy atom.